The molecule has 1 N–H and O–H groups in total. The third-order valence-corrected chi connectivity index (χ3v) is 3.54. The maximum absolute atomic E-state index is 11.8. The van der Waals surface area contributed by atoms with E-state index in [9.17, 15) is 9.59 Å². The number of hydrogen-bond donors (Lipinski definition) is 1. The summed E-state index contributed by atoms with van der Waals surface area (Å²) < 4.78 is 4.88. The summed E-state index contributed by atoms with van der Waals surface area (Å²) in [5.74, 6) is -1.15. The number of ether oxygens (including phenoxy) is 1. The number of esters is 1. The highest BCUT2D eigenvalue weighted by molar-refractivity contribution is 6.36. The number of halogens is 3. The van der Waals surface area contributed by atoms with Crippen molar-refractivity contribution in [2.24, 2.45) is 0 Å². The number of hydrogen-bond acceptors (Lipinski definition) is 5. The highest BCUT2D eigenvalue weighted by atomic mass is 35.5. The van der Waals surface area contributed by atoms with E-state index in [1.165, 1.54) is 24.4 Å². The number of aromatic nitrogens is 2. The molecule has 0 unspecified atom stereocenters. The van der Waals surface area contributed by atoms with Crippen molar-refractivity contribution in [3.05, 3.63) is 50.9 Å². The smallest absolute Gasteiger partial charge is 0.338 e. The number of amides is 1. The zero-order valence-electron chi connectivity index (χ0n) is 11.8. The van der Waals surface area contributed by atoms with Gasteiger partial charge in [0.1, 0.15) is 5.15 Å². The van der Waals surface area contributed by atoms with Gasteiger partial charge in [-0.2, -0.15) is 0 Å². The van der Waals surface area contributed by atoms with Crippen LogP contribution < -0.4 is 5.32 Å². The van der Waals surface area contributed by atoms with Gasteiger partial charge in [-0.25, -0.2) is 14.8 Å². The Labute approximate surface area is 146 Å². The second-order valence-electron chi connectivity index (χ2n) is 4.38. The molecule has 0 radical (unpaired) electrons. The van der Waals surface area contributed by atoms with Gasteiger partial charge in [0.25, 0.3) is 5.91 Å². The number of carbonyl (C=O) groups excluding carboxylic acids is 2. The fraction of sp³-hybridized carbons (Fsp3) is 0.143. The Morgan fingerprint density at radius 2 is 1.96 bits per heavy atom. The van der Waals surface area contributed by atoms with Gasteiger partial charge in [-0.15, -0.1) is 0 Å². The normalized spacial score (nSPS) is 10.3. The molecule has 0 spiro atoms. The van der Waals surface area contributed by atoms with Crippen LogP contribution in [0.4, 0.5) is 5.82 Å². The van der Waals surface area contributed by atoms with E-state index in [4.69, 9.17) is 39.5 Å². The summed E-state index contributed by atoms with van der Waals surface area (Å²) >= 11 is 17.5. The standard InChI is InChI=1S/C14H10Cl3N3O3/c1-7-9(15)5-10(16)13(19-7)20-12(21)6-23-14(22)8-2-3-18-11(17)4-8/h2-5H,6H2,1H3,(H,19,20,21). The number of rotatable bonds is 4. The molecule has 0 atom stereocenters. The molecule has 0 saturated heterocycles. The molecule has 1 amide bonds. The second-order valence-corrected chi connectivity index (χ2v) is 5.58. The molecule has 0 fully saturated rings. The SMILES string of the molecule is Cc1nc(NC(=O)COC(=O)c2ccnc(Cl)c2)c(Cl)cc1Cl. The fourth-order valence-electron chi connectivity index (χ4n) is 1.56. The molecule has 2 heterocycles. The van der Waals surface area contributed by atoms with Crippen LogP contribution in [0.1, 0.15) is 16.1 Å². The van der Waals surface area contributed by atoms with Crippen molar-refractivity contribution in [3.63, 3.8) is 0 Å². The van der Waals surface area contributed by atoms with E-state index in [1.54, 1.807) is 6.92 Å². The number of pyridine rings is 2. The average Bonchev–Trinajstić information content (AvgIpc) is 2.50. The summed E-state index contributed by atoms with van der Waals surface area (Å²) in [6.07, 6.45) is 1.36. The molecule has 23 heavy (non-hydrogen) atoms. The maximum Gasteiger partial charge on any atom is 0.338 e. The van der Waals surface area contributed by atoms with Gasteiger partial charge in [0.05, 0.1) is 21.3 Å². The van der Waals surface area contributed by atoms with Crippen molar-refractivity contribution < 1.29 is 14.3 Å². The van der Waals surface area contributed by atoms with E-state index in [0.717, 1.165) is 0 Å². The summed E-state index contributed by atoms with van der Waals surface area (Å²) in [4.78, 5) is 31.4. The number of aryl methyl sites for hydroxylation is 1. The van der Waals surface area contributed by atoms with Gasteiger partial charge in [0.2, 0.25) is 0 Å². The maximum atomic E-state index is 11.8. The van der Waals surface area contributed by atoms with Gasteiger partial charge in [-0.05, 0) is 25.1 Å². The molecule has 0 aliphatic rings. The minimum Gasteiger partial charge on any atom is -0.452 e. The molecule has 6 nitrogen and oxygen atoms in total. The summed E-state index contributed by atoms with van der Waals surface area (Å²) in [7, 11) is 0. The zero-order chi connectivity index (χ0) is 17.0. The predicted molar refractivity (Wildman–Crippen MR) is 87.2 cm³/mol. The lowest BCUT2D eigenvalue weighted by atomic mass is 10.3. The Morgan fingerprint density at radius 1 is 1.22 bits per heavy atom. The summed E-state index contributed by atoms with van der Waals surface area (Å²) in [5, 5.41) is 3.15. The van der Waals surface area contributed by atoms with Gasteiger partial charge in [0.15, 0.2) is 12.4 Å². The molecule has 2 aromatic rings. The first kappa shape index (κ1) is 17.5. The Kier molecular flexibility index (Phi) is 5.76. The number of carbonyl (C=O) groups is 2. The van der Waals surface area contributed by atoms with Crippen LogP contribution in [0.15, 0.2) is 24.4 Å². The van der Waals surface area contributed by atoms with Crippen LogP contribution in [0, 0.1) is 6.92 Å². The fourth-order valence-corrected chi connectivity index (χ4v) is 2.14. The minimum atomic E-state index is -0.698. The van der Waals surface area contributed by atoms with Crippen LogP contribution in [0.3, 0.4) is 0 Å². The first-order chi connectivity index (χ1) is 10.9. The van der Waals surface area contributed by atoms with Gasteiger partial charge in [0, 0.05) is 6.20 Å². The lowest BCUT2D eigenvalue weighted by Crippen LogP contribution is -2.21. The molecule has 2 aromatic heterocycles. The lowest BCUT2D eigenvalue weighted by molar-refractivity contribution is -0.119. The van der Waals surface area contributed by atoms with Crippen LogP contribution in [-0.4, -0.2) is 28.5 Å². The Morgan fingerprint density at radius 3 is 2.65 bits per heavy atom. The van der Waals surface area contributed by atoms with Crippen molar-refractivity contribution in [1.29, 1.82) is 0 Å². The van der Waals surface area contributed by atoms with Gasteiger partial charge >= 0.3 is 5.97 Å². The minimum absolute atomic E-state index is 0.140. The third-order valence-electron chi connectivity index (χ3n) is 2.66. The molecule has 0 aliphatic carbocycles. The number of anilines is 1. The first-order valence-electron chi connectivity index (χ1n) is 6.28. The third kappa shape index (κ3) is 4.79. The lowest BCUT2D eigenvalue weighted by Gasteiger charge is -2.09. The molecular weight excluding hydrogens is 365 g/mol. The van der Waals surface area contributed by atoms with Crippen molar-refractivity contribution in [3.8, 4) is 0 Å². The highest BCUT2D eigenvalue weighted by Crippen LogP contribution is 2.25. The predicted octanol–water partition coefficient (Wildman–Crippen LogP) is 3.54. The van der Waals surface area contributed by atoms with Crippen LogP contribution in [-0.2, 0) is 9.53 Å². The monoisotopic (exact) mass is 373 g/mol. The molecular formula is C14H10Cl3N3O3. The largest absolute Gasteiger partial charge is 0.452 e. The van der Waals surface area contributed by atoms with Crippen molar-refractivity contribution >= 4 is 52.5 Å². The van der Waals surface area contributed by atoms with Crippen molar-refractivity contribution in [1.82, 2.24) is 9.97 Å². The number of nitrogens with zero attached hydrogens (tertiary/aromatic N) is 2. The first-order valence-corrected chi connectivity index (χ1v) is 7.41. The highest BCUT2D eigenvalue weighted by Gasteiger charge is 2.13. The summed E-state index contributed by atoms with van der Waals surface area (Å²) in [6, 6.07) is 4.22. The Balaban J connectivity index is 1.95. The van der Waals surface area contributed by atoms with Crippen LogP contribution in [0.2, 0.25) is 15.2 Å². The Hall–Kier alpha value is -1.89. The molecule has 9 heteroatoms. The summed E-state index contributed by atoms with van der Waals surface area (Å²) in [5.41, 5.74) is 0.700. The topological polar surface area (TPSA) is 81.2 Å². The average molecular weight is 375 g/mol. The molecule has 0 saturated carbocycles. The van der Waals surface area contributed by atoms with Gasteiger partial charge in [-0.1, -0.05) is 34.8 Å². The molecule has 0 bridgehead atoms. The van der Waals surface area contributed by atoms with Crippen LogP contribution in [0.25, 0.3) is 0 Å². The van der Waals surface area contributed by atoms with Gasteiger partial charge < -0.3 is 10.1 Å². The van der Waals surface area contributed by atoms with Crippen LogP contribution in [0.5, 0.6) is 0 Å². The van der Waals surface area contributed by atoms with E-state index in [1.807, 2.05) is 0 Å². The zero-order valence-corrected chi connectivity index (χ0v) is 14.0. The van der Waals surface area contributed by atoms with E-state index >= 15 is 0 Å². The molecule has 0 aromatic carbocycles. The Bertz CT molecular complexity index is 768. The van der Waals surface area contributed by atoms with Crippen molar-refractivity contribution in [2.45, 2.75) is 6.92 Å². The van der Waals surface area contributed by atoms with E-state index in [0.29, 0.717) is 10.7 Å². The molecule has 0 aliphatic heterocycles. The molecule has 2 rings (SSSR count). The van der Waals surface area contributed by atoms with E-state index in [2.05, 4.69) is 15.3 Å². The van der Waals surface area contributed by atoms with Crippen LogP contribution >= 0.6 is 34.8 Å². The van der Waals surface area contributed by atoms with E-state index in [-0.39, 0.29) is 21.6 Å². The van der Waals surface area contributed by atoms with E-state index < -0.39 is 18.5 Å². The second kappa shape index (κ2) is 7.59. The quantitative estimate of drug-likeness (QED) is 0.654. The number of nitrogens with one attached hydrogen (secondary N) is 1. The molecule has 120 valence electrons. The summed E-state index contributed by atoms with van der Waals surface area (Å²) in [6.45, 7) is 1.17. The van der Waals surface area contributed by atoms with Gasteiger partial charge in [-0.3, -0.25) is 4.79 Å². The van der Waals surface area contributed by atoms with Crippen molar-refractivity contribution in [2.75, 3.05) is 11.9 Å².